The first kappa shape index (κ1) is 34.9. The second-order valence-electron chi connectivity index (χ2n) is 12.6. The average molecular weight is 603 g/mol. The molecule has 2 N–H and O–H groups in total. The van der Waals surface area contributed by atoms with Crippen molar-refractivity contribution in [2.24, 2.45) is 11.8 Å². The summed E-state index contributed by atoms with van der Waals surface area (Å²) in [6.45, 7) is 18.0. The van der Waals surface area contributed by atoms with E-state index in [1.807, 2.05) is 47.8 Å². The summed E-state index contributed by atoms with van der Waals surface area (Å²) in [6, 6.07) is 7.97. The van der Waals surface area contributed by atoms with Crippen LogP contribution in [0.5, 0.6) is 5.75 Å². The Balaban J connectivity index is 2.45. The number of ether oxygens (including phenoxy) is 3. The van der Waals surface area contributed by atoms with Gasteiger partial charge in [0.15, 0.2) is 8.32 Å². The number of hydrogen-bond donors (Lipinski definition) is 2. The van der Waals surface area contributed by atoms with Gasteiger partial charge >= 0.3 is 0 Å². The minimum Gasteiger partial charge on any atom is -0.497 e. The molecule has 39 heavy (non-hydrogen) atoms. The number of aliphatic hydroxyl groups is 2. The normalized spacial score (nSPS) is 20.3. The maximum absolute atomic E-state index is 10.8. The van der Waals surface area contributed by atoms with Crippen molar-refractivity contribution in [3.8, 4) is 5.75 Å². The van der Waals surface area contributed by atoms with Crippen molar-refractivity contribution in [3.05, 3.63) is 29.8 Å². The van der Waals surface area contributed by atoms with E-state index in [1.54, 1.807) is 14.2 Å². The van der Waals surface area contributed by atoms with Gasteiger partial charge in [-0.15, -0.1) is 23.5 Å². The Morgan fingerprint density at radius 3 is 2.05 bits per heavy atom. The van der Waals surface area contributed by atoms with Crippen LogP contribution in [0, 0.1) is 11.8 Å². The third-order valence-corrected chi connectivity index (χ3v) is 16.6. The zero-order chi connectivity index (χ0) is 29.4. The largest absolute Gasteiger partial charge is 0.497 e. The van der Waals surface area contributed by atoms with E-state index < -0.39 is 14.4 Å². The van der Waals surface area contributed by atoms with Crippen LogP contribution in [-0.2, 0) is 20.5 Å². The highest BCUT2D eigenvalue weighted by Gasteiger charge is 2.49. The molecule has 6 nitrogen and oxygen atoms in total. The molecule has 1 aromatic carbocycles. The van der Waals surface area contributed by atoms with Gasteiger partial charge in [-0.2, -0.15) is 0 Å². The number of aliphatic hydroxyl groups excluding tert-OH is 2. The van der Waals surface area contributed by atoms with Crippen LogP contribution in [0.3, 0.4) is 0 Å². The minimum atomic E-state index is -2.19. The van der Waals surface area contributed by atoms with Gasteiger partial charge in [-0.3, -0.25) is 0 Å². The van der Waals surface area contributed by atoms with Crippen molar-refractivity contribution in [2.45, 2.75) is 108 Å². The highest BCUT2D eigenvalue weighted by molar-refractivity contribution is 8.18. The Labute approximate surface area is 247 Å². The molecular weight excluding hydrogens is 549 g/mol. The second kappa shape index (κ2) is 15.3. The second-order valence-corrected chi connectivity index (χ2v) is 20.5. The highest BCUT2D eigenvalue weighted by Crippen LogP contribution is 2.53. The molecule has 226 valence electrons. The molecule has 1 aliphatic heterocycles. The lowest BCUT2D eigenvalue weighted by molar-refractivity contribution is -0.127. The molecule has 0 saturated carbocycles. The Kier molecular flexibility index (Phi) is 13.7. The van der Waals surface area contributed by atoms with Gasteiger partial charge < -0.3 is 28.8 Å². The molecule has 1 fully saturated rings. The molecule has 5 atom stereocenters. The van der Waals surface area contributed by atoms with Crippen LogP contribution in [0.25, 0.3) is 0 Å². The van der Waals surface area contributed by atoms with Crippen molar-refractivity contribution in [2.75, 3.05) is 32.3 Å². The maximum atomic E-state index is 10.8. The summed E-state index contributed by atoms with van der Waals surface area (Å²) >= 11 is 3.81. The SMILES string of the molecule is COc1ccc(CO[C@H](C(C)C)[C@@H](OC)[C@@H](CC2([C@@H](C)[C@@H](O)CO)SCCCS2)O[Si](C)(C)C(C)(C)C)cc1. The lowest BCUT2D eigenvalue weighted by atomic mass is 9.90. The fourth-order valence-corrected chi connectivity index (χ4v) is 9.76. The predicted octanol–water partition coefficient (Wildman–Crippen LogP) is 6.59. The molecule has 0 aromatic heterocycles. The summed E-state index contributed by atoms with van der Waals surface area (Å²) in [5, 5.41) is 20.7. The Morgan fingerprint density at radius 2 is 1.59 bits per heavy atom. The fraction of sp³-hybridized carbons (Fsp3) is 0.800. The van der Waals surface area contributed by atoms with Gasteiger partial charge in [-0.1, -0.05) is 53.7 Å². The van der Waals surface area contributed by atoms with Gasteiger partial charge in [-0.25, -0.2) is 0 Å². The van der Waals surface area contributed by atoms with E-state index in [1.165, 1.54) is 0 Å². The quantitative estimate of drug-likeness (QED) is 0.218. The molecule has 0 bridgehead atoms. The van der Waals surface area contributed by atoms with Crippen LogP contribution < -0.4 is 4.74 Å². The monoisotopic (exact) mass is 602 g/mol. The van der Waals surface area contributed by atoms with Gasteiger partial charge in [0.25, 0.3) is 0 Å². The molecule has 1 aromatic rings. The van der Waals surface area contributed by atoms with Gasteiger partial charge in [0.1, 0.15) is 11.9 Å². The molecule has 0 spiro atoms. The highest BCUT2D eigenvalue weighted by atomic mass is 32.2. The van der Waals surface area contributed by atoms with Crippen LogP contribution in [-0.4, -0.2) is 79.4 Å². The third-order valence-electron chi connectivity index (χ3n) is 8.40. The van der Waals surface area contributed by atoms with Gasteiger partial charge in [0.05, 0.1) is 42.7 Å². The van der Waals surface area contributed by atoms with Gasteiger partial charge in [0.2, 0.25) is 0 Å². The molecule has 0 aliphatic carbocycles. The molecule has 1 heterocycles. The summed E-state index contributed by atoms with van der Waals surface area (Å²) in [7, 11) is 1.24. The van der Waals surface area contributed by atoms with Gasteiger partial charge in [0, 0.05) is 13.0 Å². The molecule has 2 rings (SSSR count). The first-order valence-corrected chi connectivity index (χ1v) is 19.1. The van der Waals surface area contributed by atoms with Crippen LogP contribution in [0.4, 0.5) is 0 Å². The number of hydrogen-bond acceptors (Lipinski definition) is 8. The maximum Gasteiger partial charge on any atom is 0.192 e. The molecule has 1 aliphatic rings. The van der Waals surface area contributed by atoms with Crippen LogP contribution in [0.2, 0.25) is 18.1 Å². The summed E-state index contributed by atoms with van der Waals surface area (Å²) in [6.07, 6.45) is 0.340. The smallest absolute Gasteiger partial charge is 0.192 e. The van der Waals surface area contributed by atoms with E-state index in [2.05, 4.69) is 54.6 Å². The first-order chi connectivity index (χ1) is 18.2. The Hall–Kier alpha value is -0.263. The topological polar surface area (TPSA) is 77.4 Å². The minimum absolute atomic E-state index is 0.0249. The number of methoxy groups -OCH3 is 2. The zero-order valence-electron chi connectivity index (χ0n) is 25.9. The summed E-state index contributed by atoms with van der Waals surface area (Å²) in [5.41, 5.74) is 1.08. The van der Waals surface area contributed by atoms with E-state index in [9.17, 15) is 10.2 Å². The molecule has 0 amide bonds. The molecule has 0 unspecified atom stereocenters. The lowest BCUT2D eigenvalue weighted by Gasteiger charge is -2.49. The van der Waals surface area contributed by atoms with E-state index in [0.29, 0.717) is 13.0 Å². The van der Waals surface area contributed by atoms with Crippen molar-refractivity contribution < 1.29 is 28.8 Å². The van der Waals surface area contributed by atoms with Crippen LogP contribution >= 0.6 is 23.5 Å². The van der Waals surface area contributed by atoms with Crippen molar-refractivity contribution in [3.63, 3.8) is 0 Å². The van der Waals surface area contributed by atoms with Crippen molar-refractivity contribution in [1.82, 2.24) is 0 Å². The Bertz CT molecular complexity index is 839. The summed E-state index contributed by atoms with van der Waals surface area (Å²) < 4.78 is 25.1. The molecule has 1 saturated heterocycles. The third kappa shape index (κ3) is 9.37. The standard InChI is InChI=1S/C30H54O6S2Si/c1-21(2)27(35-20-23-12-14-24(33-7)15-13-23)28(34-8)26(36-39(9,10)29(4,5)6)18-30(22(3)25(32)19-31)37-16-11-17-38-30/h12-15,21-22,25-28,31-32H,11,16-20H2,1-10H3/t22-,25-,26+,27+,28-/m0/s1. The van der Waals surface area contributed by atoms with Crippen molar-refractivity contribution in [1.29, 1.82) is 0 Å². The van der Waals surface area contributed by atoms with E-state index in [0.717, 1.165) is 29.2 Å². The Morgan fingerprint density at radius 1 is 1.00 bits per heavy atom. The van der Waals surface area contributed by atoms with Gasteiger partial charge in [-0.05, 0) is 66.1 Å². The zero-order valence-corrected chi connectivity index (χ0v) is 28.5. The lowest BCUT2D eigenvalue weighted by Crippen LogP contribution is -2.55. The first-order valence-electron chi connectivity index (χ1n) is 14.2. The van der Waals surface area contributed by atoms with Crippen LogP contribution in [0.15, 0.2) is 24.3 Å². The molecule has 0 radical (unpaired) electrons. The fourth-order valence-electron chi connectivity index (χ4n) is 4.75. The number of benzene rings is 1. The van der Waals surface area contributed by atoms with E-state index in [-0.39, 0.29) is 45.9 Å². The average Bonchev–Trinajstić information content (AvgIpc) is 2.89. The summed E-state index contributed by atoms with van der Waals surface area (Å²) in [5.74, 6) is 2.97. The van der Waals surface area contributed by atoms with Crippen LogP contribution in [0.1, 0.15) is 59.9 Å². The van der Waals surface area contributed by atoms with Crippen molar-refractivity contribution >= 4 is 31.8 Å². The number of rotatable bonds is 15. The van der Waals surface area contributed by atoms with E-state index in [4.69, 9.17) is 18.6 Å². The summed E-state index contributed by atoms with van der Waals surface area (Å²) in [4.78, 5) is 0. The molecule has 9 heteroatoms. The predicted molar refractivity (Wildman–Crippen MR) is 168 cm³/mol. The van der Waals surface area contributed by atoms with E-state index >= 15 is 0 Å². The molecular formula is C30H54O6S2Si. The number of thioether (sulfide) groups is 2.